The molecular weight excluding hydrogens is 664 g/mol. The summed E-state index contributed by atoms with van der Waals surface area (Å²) in [6, 6.07) is 3.47. The quantitative estimate of drug-likeness (QED) is 0.0930. The molecule has 0 spiro atoms. The summed E-state index contributed by atoms with van der Waals surface area (Å²) >= 11 is 0. The molecule has 0 fully saturated rings. The first-order valence-corrected chi connectivity index (χ1v) is 18.5. The first-order chi connectivity index (χ1) is 24.4. The van der Waals surface area contributed by atoms with Gasteiger partial charge in [0.1, 0.15) is 19.8 Å². The van der Waals surface area contributed by atoms with Gasteiger partial charge in [0.15, 0.2) is 11.5 Å². The average molecular weight is 739 g/mol. The van der Waals surface area contributed by atoms with Crippen molar-refractivity contribution in [3.8, 4) is 17.2 Å². The zero-order valence-electron chi connectivity index (χ0n) is 33.7. The molecular formula is C38H74O13. The Morgan fingerprint density at radius 3 is 1.24 bits per heavy atom. The maximum absolute atomic E-state index is 9.86. The molecule has 0 atom stereocenters. The largest absolute Gasteiger partial charge is 0.487 e. The van der Waals surface area contributed by atoms with E-state index in [1.54, 1.807) is 32.9 Å². The molecule has 0 amide bonds. The van der Waals surface area contributed by atoms with Gasteiger partial charge in [-0.15, -0.1) is 0 Å². The van der Waals surface area contributed by atoms with Gasteiger partial charge < -0.3 is 62.3 Å². The second kappa shape index (κ2) is 35.3. The van der Waals surface area contributed by atoms with Gasteiger partial charge in [-0.25, -0.2) is 0 Å². The van der Waals surface area contributed by atoms with Crippen molar-refractivity contribution in [1.82, 2.24) is 0 Å². The lowest BCUT2D eigenvalue weighted by atomic mass is 10.2. The molecule has 13 heteroatoms. The second-order valence-corrected chi connectivity index (χ2v) is 12.6. The number of ether oxygens (including phenoxy) is 11. The molecule has 0 saturated carbocycles. The van der Waals surface area contributed by atoms with Crippen LogP contribution in [0.25, 0.3) is 0 Å². The van der Waals surface area contributed by atoms with Gasteiger partial charge in [0.05, 0.1) is 90.5 Å². The number of rotatable bonds is 31. The van der Waals surface area contributed by atoms with E-state index in [-0.39, 0.29) is 25.4 Å². The first kappa shape index (κ1) is 51.3. The molecule has 0 aliphatic rings. The summed E-state index contributed by atoms with van der Waals surface area (Å²) in [4.78, 5) is 0. The number of hydrogen-bond acceptors (Lipinski definition) is 13. The Balaban J connectivity index is 0. The van der Waals surface area contributed by atoms with Crippen LogP contribution in [0, 0.1) is 0 Å². The van der Waals surface area contributed by atoms with Crippen LogP contribution in [0.5, 0.6) is 17.2 Å². The Morgan fingerprint density at radius 2 is 0.824 bits per heavy atom. The SMILES string of the molecule is CC.CC(C)(C)O.CCOCCCOCCOc1c(OCCOCCOCCOCC)cc(CO)cc1OCCOCCOCCOC(C)(C)C. The van der Waals surface area contributed by atoms with E-state index >= 15 is 0 Å². The Kier molecular flexibility index (Phi) is 35.5. The average Bonchev–Trinajstić information content (AvgIpc) is 3.07. The van der Waals surface area contributed by atoms with E-state index < -0.39 is 5.60 Å². The molecule has 0 radical (unpaired) electrons. The van der Waals surface area contributed by atoms with Crippen LogP contribution in [0.2, 0.25) is 0 Å². The Hall–Kier alpha value is -1.78. The second-order valence-electron chi connectivity index (χ2n) is 12.6. The summed E-state index contributed by atoms with van der Waals surface area (Å²) in [5.41, 5.74) is -0.0494. The highest BCUT2D eigenvalue weighted by Gasteiger charge is 2.16. The zero-order valence-corrected chi connectivity index (χ0v) is 33.7. The van der Waals surface area contributed by atoms with Crippen molar-refractivity contribution in [3.05, 3.63) is 17.7 Å². The molecule has 0 aromatic heterocycles. The zero-order chi connectivity index (χ0) is 38.6. The van der Waals surface area contributed by atoms with Crippen LogP contribution < -0.4 is 14.2 Å². The van der Waals surface area contributed by atoms with E-state index in [0.717, 1.165) is 6.42 Å². The van der Waals surface area contributed by atoms with Crippen LogP contribution in [-0.2, 0) is 44.5 Å². The molecule has 1 aromatic rings. The Bertz CT molecular complexity index is 867. The molecule has 0 saturated heterocycles. The summed E-state index contributed by atoms with van der Waals surface area (Å²) in [7, 11) is 0. The molecule has 0 aliphatic carbocycles. The van der Waals surface area contributed by atoms with Gasteiger partial charge in [-0.2, -0.15) is 0 Å². The van der Waals surface area contributed by atoms with Crippen LogP contribution in [0.4, 0.5) is 0 Å². The lowest BCUT2D eigenvalue weighted by Crippen LogP contribution is -2.22. The highest BCUT2D eigenvalue weighted by Crippen LogP contribution is 2.39. The maximum atomic E-state index is 9.86. The lowest BCUT2D eigenvalue weighted by molar-refractivity contribution is -0.0433. The molecule has 2 N–H and O–H groups in total. The molecule has 51 heavy (non-hydrogen) atoms. The third-order valence-corrected chi connectivity index (χ3v) is 5.57. The summed E-state index contributed by atoms with van der Waals surface area (Å²) < 4.78 is 62.2. The van der Waals surface area contributed by atoms with Crippen LogP contribution >= 0.6 is 0 Å². The molecule has 1 rings (SSSR count). The predicted molar refractivity (Wildman–Crippen MR) is 200 cm³/mol. The number of hydrogen-bond donors (Lipinski definition) is 2. The smallest absolute Gasteiger partial charge is 0.203 e. The minimum atomic E-state index is -0.500. The van der Waals surface area contributed by atoms with E-state index in [4.69, 9.17) is 57.2 Å². The fourth-order valence-electron chi connectivity index (χ4n) is 3.53. The topological polar surface area (TPSA) is 142 Å². The monoisotopic (exact) mass is 739 g/mol. The van der Waals surface area contributed by atoms with Gasteiger partial charge in [-0.1, -0.05) is 13.8 Å². The molecule has 0 heterocycles. The van der Waals surface area contributed by atoms with Gasteiger partial charge in [-0.3, -0.25) is 0 Å². The molecule has 1 aromatic carbocycles. The van der Waals surface area contributed by atoms with Crippen LogP contribution in [0.3, 0.4) is 0 Å². The molecule has 0 unspecified atom stereocenters. The third-order valence-electron chi connectivity index (χ3n) is 5.57. The fourth-order valence-corrected chi connectivity index (χ4v) is 3.53. The third kappa shape index (κ3) is 37.8. The van der Waals surface area contributed by atoms with Gasteiger partial charge in [0, 0.05) is 26.4 Å². The van der Waals surface area contributed by atoms with Crippen molar-refractivity contribution in [2.75, 3.05) is 119 Å². The summed E-state index contributed by atoms with van der Waals surface area (Å²) in [5.74, 6) is 1.33. The van der Waals surface area contributed by atoms with Gasteiger partial charge in [0.2, 0.25) is 5.75 Å². The molecule has 0 bridgehead atoms. The standard InChI is InChI=1S/C32H58O12.C4H10O.C2H6/c1-6-34-9-8-10-36-19-23-43-31-29(41-21-17-38-14-13-37-12-11-35-7-2)25-28(27-33)26-30(31)42-22-18-39-15-16-40-20-24-44-32(3,4)5;1-4(2,3)5;1-2/h25-26,33H,6-24,27H2,1-5H3;5H,1-3H3;1-2H3. The van der Waals surface area contributed by atoms with Gasteiger partial charge in [0.25, 0.3) is 0 Å². The van der Waals surface area contributed by atoms with E-state index in [0.29, 0.717) is 129 Å². The van der Waals surface area contributed by atoms with Crippen molar-refractivity contribution in [2.24, 2.45) is 0 Å². The minimum Gasteiger partial charge on any atom is -0.487 e. The number of aliphatic hydroxyl groups excluding tert-OH is 1. The van der Waals surface area contributed by atoms with Gasteiger partial charge in [-0.05, 0) is 79.5 Å². The minimum absolute atomic E-state index is 0.179. The number of aliphatic hydroxyl groups is 2. The van der Waals surface area contributed by atoms with Crippen molar-refractivity contribution < 1.29 is 62.3 Å². The molecule has 304 valence electrons. The van der Waals surface area contributed by atoms with Gasteiger partial charge >= 0.3 is 0 Å². The Labute approximate surface area is 309 Å². The van der Waals surface area contributed by atoms with E-state index in [1.165, 1.54) is 0 Å². The maximum Gasteiger partial charge on any atom is 0.203 e. The Morgan fingerprint density at radius 1 is 0.490 bits per heavy atom. The summed E-state index contributed by atoms with van der Waals surface area (Å²) in [6.45, 7) is 27.5. The first-order valence-electron chi connectivity index (χ1n) is 18.5. The van der Waals surface area contributed by atoms with Crippen LogP contribution in [0.15, 0.2) is 12.1 Å². The van der Waals surface area contributed by atoms with Crippen molar-refractivity contribution >= 4 is 0 Å². The highest BCUT2D eigenvalue weighted by molar-refractivity contribution is 5.54. The van der Waals surface area contributed by atoms with Crippen molar-refractivity contribution in [3.63, 3.8) is 0 Å². The van der Waals surface area contributed by atoms with E-state index in [1.807, 2.05) is 48.5 Å². The fraction of sp³-hybridized carbons (Fsp3) is 0.842. The van der Waals surface area contributed by atoms with Crippen LogP contribution in [0.1, 0.15) is 81.2 Å². The number of benzene rings is 1. The highest BCUT2D eigenvalue weighted by atomic mass is 16.6. The van der Waals surface area contributed by atoms with E-state index in [2.05, 4.69) is 0 Å². The molecule has 13 nitrogen and oxygen atoms in total. The normalized spacial score (nSPS) is 11.4. The van der Waals surface area contributed by atoms with E-state index in [9.17, 15) is 5.11 Å². The summed E-state index contributed by atoms with van der Waals surface area (Å²) in [6.07, 6.45) is 0.815. The lowest BCUT2D eigenvalue weighted by Gasteiger charge is -2.19. The van der Waals surface area contributed by atoms with Crippen molar-refractivity contribution in [2.45, 2.75) is 93.5 Å². The summed E-state index contributed by atoms with van der Waals surface area (Å²) in [5, 5.41) is 18.4. The predicted octanol–water partition coefficient (Wildman–Crippen LogP) is 5.48. The van der Waals surface area contributed by atoms with Crippen LogP contribution in [-0.4, -0.2) is 140 Å². The van der Waals surface area contributed by atoms with Crippen molar-refractivity contribution in [1.29, 1.82) is 0 Å². The molecule has 0 aliphatic heterocycles.